The second-order valence-electron chi connectivity index (χ2n) is 21.3. The smallest absolute Gasteiger partial charge is 0.393 e. The van der Waals surface area contributed by atoms with Gasteiger partial charge in [-0.3, -0.25) is 0 Å². The molecule has 8 saturated carbocycles. The average molecular weight is 797 g/mol. The van der Waals surface area contributed by atoms with Gasteiger partial charge in [-0.2, -0.15) is 26.3 Å². The van der Waals surface area contributed by atoms with Crippen LogP contribution in [0.25, 0.3) is 0 Å². The van der Waals surface area contributed by atoms with E-state index in [0.717, 1.165) is 66.6 Å². The van der Waals surface area contributed by atoms with Crippen LogP contribution in [0.3, 0.4) is 0 Å². The molecule has 0 spiro atoms. The maximum Gasteiger partial charge on any atom is 0.426 e. The third-order valence-corrected chi connectivity index (χ3v) is 18.1. The molecule has 0 aliphatic heterocycles. The molecular weight excluding hydrogens is 722 g/mol. The molecular formula is C44H74F6O5. The van der Waals surface area contributed by atoms with Gasteiger partial charge in [0.2, 0.25) is 0 Å². The van der Waals surface area contributed by atoms with Crippen LogP contribution in [0.2, 0.25) is 0 Å². The predicted molar refractivity (Wildman–Crippen MR) is 201 cm³/mol. The summed E-state index contributed by atoms with van der Waals surface area (Å²) >= 11 is 0. The number of aliphatic hydroxyl groups excluding tert-OH is 3. The molecule has 5 N–H and O–H groups in total. The van der Waals surface area contributed by atoms with Gasteiger partial charge in [0.25, 0.3) is 5.60 Å². The van der Waals surface area contributed by atoms with Crippen molar-refractivity contribution in [2.24, 2.45) is 107 Å². The van der Waals surface area contributed by atoms with Crippen LogP contribution in [-0.2, 0) is 0 Å². The highest BCUT2D eigenvalue weighted by Gasteiger charge is 2.71. The van der Waals surface area contributed by atoms with Crippen molar-refractivity contribution in [2.45, 2.75) is 169 Å². The lowest BCUT2D eigenvalue weighted by Crippen LogP contribution is -2.58. The van der Waals surface area contributed by atoms with Crippen LogP contribution < -0.4 is 0 Å². The molecule has 8 aliphatic carbocycles. The number of fused-ring (bicyclic) bond motifs is 8. The number of hydrogen-bond donors (Lipinski definition) is 5. The Hall–Kier alpha value is -0.620. The molecule has 0 aromatic rings. The van der Waals surface area contributed by atoms with Crippen LogP contribution in [-0.4, -0.2) is 67.4 Å². The monoisotopic (exact) mass is 797 g/mol. The van der Waals surface area contributed by atoms with Crippen LogP contribution >= 0.6 is 0 Å². The summed E-state index contributed by atoms with van der Waals surface area (Å²) in [6, 6.07) is 0. The van der Waals surface area contributed by atoms with Crippen LogP contribution in [0.15, 0.2) is 0 Å². The zero-order valence-corrected chi connectivity index (χ0v) is 35.0. The van der Waals surface area contributed by atoms with E-state index < -0.39 is 48.1 Å². The summed E-state index contributed by atoms with van der Waals surface area (Å²) in [5.41, 5.74) is -5.05. The minimum atomic E-state index is -5.69. The van der Waals surface area contributed by atoms with Gasteiger partial charge in [0.05, 0.1) is 23.9 Å². The Kier molecular flexibility index (Phi) is 13.3. The van der Waals surface area contributed by atoms with Gasteiger partial charge in [-0.05, 0) is 178 Å². The summed E-state index contributed by atoms with van der Waals surface area (Å²) in [4.78, 5) is 0. The van der Waals surface area contributed by atoms with Crippen molar-refractivity contribution < 1.29 is 51.9 Å². The van der Waals surface area contributed by atoms with Gasteiger partial charge in [-0.25, -0.2) is 0 Å². The summed E-state index contributed by atoms with van der Waals surface area (Å²) in [5.74, 6) is 9.31. The number of hydrogen-bond acceptors (Lipinski definition) is 5. The van der Waals surface area contributed by atoms with Crippen LogP contribution in [0.4, 0.5) is 26.3 Å². The molecule has 8 fully saturated rings. The Labute approximate surface area is 326 Å². The molecule has 0 radical (unpaired) electrons. The van der Waals surface area contributed by atoms with E-state index >= 15 is 0 Å². The second-order valence-corrected chi connectivity index (χ2v) is 21.3. The van der Waals surface area contributed by atoms with Gasteiger partial charge in [-0.15, -0.1) is 0 Å². The zero-order chi connectivity index (χ0) is 41.5. The van der Waals surface area contributed by atoms with E-state index in [1.165, 1.54) is 19.3 Å². The normalized spacial score (nSPS) is 49.4. The third-order valence-electron chi connectivity index (χ3n) is 18.1. The molecule has 322 valence electrons. The Morgan fingerprint density at radius 2 is 0.745 bits per heavy atom. The van der Waals surface area contributed by atoms with E-state index in [-0.39, 0.29) is 23.9 Å². The fourth-order valence-electron chi connectivity index (χ4n) is 13.9. The van der Waals surface area contributed by atoms with Crippen molar-refractivity contribution in [2.75, 3.05) is 0 Å². The number of aliphatic hydroxyl groups is 5. The first-order chi connectivity index (χ1) is 25.1. The summed E-state index contributed by atoms with van der Waals surface area (Å²) in [6.07, 6.45) is -5.24. The van der Waals surface area contributed by atoms with Crippen molar-refractivity contribution in [3.8, 4) is 0 Å². The molecule has 11 heteroatoms. The van der Waals surface area contributed by atoms with Gasteiger partial charge < -0.3 is 25.5 Å². The minimum Gasteiger partial charge on any atom is -0.393 e. The van der Waals surface area contributed by atoms with Gasteiger partial charge in [0.15, 0.2) is 0 Å². The maximum absolute atomic E-state index is 12.7. The fourth-order valence-corrected chi connectivity index (χ4v) is 13.9. The highest BCUT2D eigenvalue weighted by Crippen LogP contribution is 2.60. The molecule has 8 rings (SSSR count). The molecule has 5 nitrogen and oxygen atoms in total. The Morgan fingerprint density at radius 1 is 0.418 bits per heavy atom. The van der Waals surface area contributed by atoms with Crippen molar-refractivity contribution in [1.82, 2.24) is 0 Å². The third kappa shape index (κ3) is 8.68. The predicted octanol–water partition coefficient (Wildman–Crippen LogP) is 9.53. The molecule has 55 heavy (non-hydrogen) atoms. The van der Waals surface area contributed by atoms with E-state index in [0.29, 0.717) is 48.3 Å². The Bertz CT molecular complexity index is 1230. The van der Waals surface area contributed by atoms with E-state index in [1.807, 2.05) is 27.7 Å². The van der Waals surface area contributed by atoms with E-state index in [1.54, 1.807) is 0 Å². The lowest BCUT2D eigenvalue weighted by atomic mass is 9.72. The highest BCUT2D eigenvalue weighted by molar-refractivity contribution is 5.05. The fraction of sp³-hybridized carbons (Fsp3) is 1.00. The molecule has 8 aliphatic rings. The number of halogens is 6. The first kappa shape index (κ1) is 45.5. The van der Waals surface area contributed by atoms with Gasteiger partial charge in [0.1, 0.15) is 0 Å². The van der Waals surface area contributed by atoms with Crippen molar-refractivity contribution in [3.05, 3.63) is 0 Å². The molecule has 0 aromatic carbocycles. The average Bonchev–Trinajstić information content (AvgIpc) is 3.95. The highest BCUT2D eigenvalue weighted by atomic mass is 19.4. The van der Waals surface area contributed by atoms with Gasteiger partial charge in [0, 0.05) is 0 Å². The Balaban J connectivity index is 0.000000146. The van der Waals surface area contributed by atoms with Crippen molar-refractivity contribution in [3.63, 3.8) is 0 Å². The lowest BCUT2D eigenvalue weighted by molar-refractivity contribution is -0.373. The summed E-state index contributed by atoms with van der Waals surface area (Å²) in [7, 11) is 0. The molecule has 0 amide bonds. The summed E-state index contributed by atoms with van der Waals surface area (Å²) in [6.45, 7) is 21.6. The number of alkyl halides is 6. The first-order valence-electron chi connectivity index (χ1n) is 21.7. The van der Waals surface area contributed by atoms with E-state index in [4.69, 9.17) is 0 Å². The Morgan fingerprint density at radius 3 is 1.02 bits per heavy atom. The maximum atomic E-state index is 12.7. The van der Waals surface area contributed by atoms with Crippen molar-refractivity contribution in [1.29, 1.82) is 0 Å². The zero-order valence-electron chi connectivity index (χ0n) is 35.0. The van der Waals surface area contributed by atoms with Gasteiger partial charge >= 0.3 is 12.4 Å². The van der Waals surface area contributed by atoms with Crippen LogP contribution in [0.5, 0.6) is 0 Å². The first-order valence-corrected chi connectivity index (χ1v) is 21.7. The lowest BCUT2D eigenvalue weighted by Gasteiger charge is -2.39. The largest absolute Gasteiger partial charge is 0.426 e. The molecule has 0 saturated heterocycles. The molecule has 0 aromatic heterocycles. The molecule has 21 unspecified atom stereocenters. The standard InChI is InChI=1S/C13H18F6O.C13H24O.C9H16O2.C9H16O/c1-6-7(2)10-4-8(6)3-9(10)5-11(20,12(14,15)16)13(17,18)19;1-8-9(2)12-6-10(8)5-11(12)7-13(3,4)14;1-4-5(2)7-3-6(4)8(10)9(7)11;1-5-6(2)8-3-7(5)4-9(8)10/h6-10,20H,3-5H2,1-2H3;8-12,14H,5-7H2,1-4H3;4-11H,3H2,1-2H3;5-10H,3-4H2,1-2H3. The quantitative estimate of drug-likeness (QED) is 0.183. The topological polar surface area (TPSA) is 101 Å². The molecule has 21 atom stereocenters. The van der Waals surface area contributed by atoms with E-state index in [9.17, 15) is 51.9 Å². The van der Waals surface area contributed by atoms with Crippen molar-refractivity contribution >= 4 is 0 Å². The SMILES string of the molecule is CC1C(C)C2CC1C(O)C2O.CC1C2CC(CC(C)(C)O)C(C2)C1C.CC1C2CC(CC(O)(C(F)(F)F)C(F)(F)F)C(C2)C1C.CC1C2CC(O)C(C2)C1C. The minimum absolute atomic E-state index is 0.0381. The van der Waals surface area contributed by atoms with Crippen LogP contribution in [0, 0.1) is 107 Å². The number of rotatable bonds is 4. The summed E-state index contributed by atoms with van der Waals surface area (Å²) < 4.78 is 76.2. The van der Waals surface area contributed by atoms with Gasteiger partial charge in [-0.1, -0.05) is 55.4 Å². The second kappa shape index (κ2) is 16.1. The molecule has 0 heterocycles. The summed E-state index contributed by atoms with van der Waals surface area (Å²) in [5, 5.41) is 47.7. The van der Waals surface area contributed by atoms with E-state index in [2.05, 4.69) is 41.5 Å². The molecule has 8 bridgehead atoms. The van der Waals surface area contributed by atoms with Crippen LogP contribution in [0.1, 0.15) is 127 Å².